The van der Waals surface area contributed by atoms with Gasteiger partial charge in [0.05, 0.1) is 0 Å². The minimum Gasteiger partial charge on any atom is -0.462 e. The molecule has 6 nitrogen and oxygen atoms in total. The summed E-state index contributed by atoms with van der Waals surface area (Å²) in [5.74, 6) is -1.03. The van der Waals surface area contributed by atoms with Crippen LogP contribution in [-0.4, -0.2) is 37.2 Å². The van der Waals surface area contributed by atoms with E-state index in [1.54, 1.807) is 0 Å². The van der Waals surface area contributed by atoms with Crippen LogP contribution in [-0.2, 0) is 28.6 Å². The highest BCUT2D eigenvalue weighted by Gasteiger charge is 2.19. The maximum Gasteiger partial charge on any atom is 0.306 e. The molecule has 0 saturated carbocycles. The first kappa shape index (κ1) is 70.5. The number of carbonyl (C=O) groups excluding carboxylic acids is 3. The van der Waals surface area contributed by atoms with Crippen LogP contribution >= 0.6 is 0 Å². The Kier molecular flexibility index (Phi) is 58.4. The summed E-state index contributed by atoms with van der Waals surface area (Å²) in [7, 11) is 0. The fourth-order valence-corrected chi connectivity index (χ4v) is 8.10. The first-order valence-electron chi connectivity index (χ1n) is 30.7. The van der Waals surface area contributed by atoms with Crippen molar-refractivity contribution in [2.24, 2.45) is 0 Å². The third-order valence-electron chi connectivity index (χ3n) is 12.6. The van der Waals surface area contributed by atoms with Crippen LogP contribution in [0.2, 0.25) is 0 Å². The molecule has 0 aromatic rings. The lowest BCUT2D eigenvalue weighted by molar-refractivity contribution is -0.166. The smallest absolute Gasteiger partial charge is 0.306 e. The average Bonchev–Trinajstić information content (AvgIpc) is 3.41. The topological polar surface area (TPSA) is 78.9 Å². The van der Waals surface area contributed by atoms with Crippen molar-refractivity contribution in [2.45, 2.75) is 271 Å². The first-order chi connectivity index (χ1) is 37.0. The van der Waals surface area contributed by atoms with Crippen LogP contribution in [0.15, 0.2) is 134 Å². The highest BCUT2D eigenvalue weighted by molar-refractivity contribution is 5.71. The Morgan fingerprint density at radius 1 is 0.280 bits per heavy atom. The molecule has 424 valence electrons. The van der Waals surface area contributed by atoms with Crippen molar-refractivity contribution in [1.29, 1.82) is 0 Å². The second-order valence-corrected chi connectivity index (χ2v) is 19.8. The van der Waals surface area contributed by atoms with Gasteiger partial charge in [0.2, 0.25) is 0 Å². The number of carbonyl (C=O) groups is 3. The second kappa shape index (κ2) is 62.1. The van der Waals surface area contributed by atoms with E-state index in [9.17, 15) is 14.4 Å². The molecule has 0 aliphatic heterocycles. The summed E-state index contributed by atoms with van der Waals surface area (Å²) in [5, 5.41) is 0. The summed E-state index contributed by atoms with van der Waals surface area (Å²) >= 11 is 0. The van der Waals surface area contributed by atoms with Crippen molar-refractivity contribution < 1.29 is 28.6 Å². The van der Waals surface area contributed by atoms with Crippen LogP contribution in [0, 0.1) is 0 Å². The Balaban J connectivity index is 4.46. The highest BCUT2D eigenvalue weighted by Crippen LogP contribution is 2.15. The van der Waals surface area contributed by atoms with Crippen LogP contribution < -0.4 is 0 Å². The van der Waals surface area contributed by atoms with E-state index < -0.39 is 6.10 Å². The van der Waals surface area contributed by atoms with Crippen molar-refractivity contribution in [1.82, 2.24) is 0 Å². The zero-order valence-corrected chi connectivity index (χ0v) is 48.5. The molecule has 0 spiro atoms. The zero-order chi connectivity index (χ0) is 54.3. The standard InChI is InChI=1S/C69H112O6/c1-4-7-10-13-16-19-22-25-27-29-31-33-34-36-37-39-41-44-47-50-53-56-59-62-68(71)74-65-66(64-73-67(70)61-58-55-52-49-46-43-24-21-18-15-12-9-6-3)75-69(72)63-60-57-54-51-48-45-42-40-38-35-32-30-28-26-23-20-17-14-11-8-5-2/h7,9-10,12,16,18-19,21,25,27,30-33,36-37,41,43-44,46,52,55,66H,4-6,8,11,13-15,17,20,22-24,26,28-29,34-35,38-40,42,45,47-51,53-54,56-65H2,1-3H3/b10-7-,12-9-,19-16-,21-18-,27-25-,32-30-,33-31-,37-36-,44-41-,46-43-,55-52-. The zero-order valence-electron chi connectivity index (χ0n) is 48.5. The van der Waals surface area contributed by atoms with E-state index in [-0.39, 0.29) is 37.5 Å². The molecule has 0 bridgehead atoms. The van der Waals surface area contributed by atoms with Gasteiger partial charge in [0.1, 0.15) is 13.2 Å². The maximum absolute atomic E-state index is 12.9. The SMILES string of the molecule is CC/C=C\C/C=C\C/C=C\C/C=C\C/C=C\C/C=C\CCCCCCC(=O)OCC(COC(=O)CC/C=C\C/C=C\C/C=C\C/C=C\CC)OC(=O)CCCCCCCCCCC/C=C\CCCCCCCCCC. The third kappa shape index (κ3) is 60.3. The fourth-order valence-electron chi connectivity index (χ4n) is 8.10. The van der Waals surface area contributed by atoms with Gasteiger partial charge in [-0.15, -0.1) is 0 Å². The lowest BCUT2D eigenvalue weighted by Crippen LogP contribution is -2.30. The maximum atomic E-state index is 12.9. The highest BCUT2D eigenvalue weighted by atomic mass is 16.6. The Hall–Kier alpha value is -4.45. The molecule has 6 heteroatoms. The molecular weight excluding hydrogens is 925 g/mol. The van der Waals surface area contributed by atoms with Gasteiger partial charge in [-0.3, -0.25) is 14.4 Å². The van der Waals surface area contributed by atoms with Gasteiger partial charge in [-0.2, -0.15) is 0 Å². The molecule has 0 aliphatic rings. The summed E-state index contributed by atoms with van der Waals surface area (Å²) in [6.45, 7) is 6.33. The molecule has 1 atom stereocenters. The largest absolute Gasteiger partial charge is 0.462 e. The normalized spacial score (nSPS) is 13.1. The van der Waals surface area contributed by atoms with E-state index in [1.807, 2.05) is 12.2 Å². The molecule has 0 amide bonds. The summed E-state index contributed by atoms with van der Waals surface area (Å²) in [5.41, 5.74) is 0. The molecule has 75 heavy (non-hydrogen) atoms. The molecule has 0 aromatic heterocycles. The molecule has 0 fully saturated rings. The summed E-state index contributed by atoms with van der Waals surface area (Å²) in [6, 6.07) is 0. The minimum atomic E-state index is -0.824. The first-order valence-corrected chi connectivity index (χ1v) is 30.7. The number of allylic oxidation sites excluding steroid dienone is 22. The van der Waals surface area contributed by atoms with Gasteiger partial charge >= 0.3 is 17.9 Å². The van der Waals surface area contributed by atoms with Crippen LogP contribution in [0.3, 0.4) is 0 Å². The van der Waals surface area contributed by atoms with E-state index in [4.69, 9.17) is 14.2 Å². The van der Waals surface area contributed by atoms with Gasteiger partial charge in [0.15, 0.2) is 6.10 Å². The van der Waals surface area contributed by atoms with E-state index in [1.165, 1.54) is 103 Å². The van der Waals surface area contributed by atoms with Gasteiger partial charge in [0, 0.05) is 19.3 Å². The number of esters is 3. The predicted octanol–water partition coefficient (Wildman–Crippen LogP) is 21.0. The van der Waals surface area contributed by atoms with E-state index in [0.29, 0.717) is 19.3 Å². The molecule has 0 aliphatic carbocycles. The number of hydrogen-bond acceptors (Lipinski definition) is 6. The summed E-state index contributed by atoms with van der Waals surface area (Å²) < 4.78 is 16.8. The van der Waals surface area contributed by atoms with Crippen LogP contribution in [0.25, 0.3) is 0 Å². The molecule has 0 radical (unpaired) electrons. The second-order valence-electron chi connectivity index (χ2n) is 19.8. The quantitative estimate of drug-likeness (QED) is 0.0261. The number of ether oxygens (including phenoxy) is 3. The fraction of sp³-hybridized carbons (Fsp3) is 0.638. The summed E-state index contributed by atoms with van der Waals surface area (Å²) in [6.07, 6.45) is 87.5. The van der Waals surface area contributed by atoms with Gasteiger partial charge in [-0.1, -0.05) is 257 Å². The Morgan fingerprint density at radius 2 is 0.547 bits per heavy atom. The number of rotatable bonds is 54. The van der Waals surface area contributed by atoms with E-state index in [0.717, 1.165) is 116 Å². The minimum absolute atomic E-state index is 0.118. The third-order valence-corrected chi connectivity index (χ3v) is 12.6. The van der Waals surface area contributed by atoms with Crippen molar-refractivity contribution in [2.75, 3.05) is 13.2 Å². The molecule has 0 saturated heterocycles. The number of hydrogen-bond donors (Lipinski definition) is 0. The van der Waals surface area contributed by atoms with Crippen molar-refractivity contribution >= 4 is 17.9 Å². The van der Waals surface area contributed by atoms with E-state index >= 15 is 0 Å². The van der Waals surface area contributed by atoms with Crippen molar-refractivity contribution in [3.63, 3.8) is 0 Å². The van der Waals surface area contributed by atoms with Crippen molar-refractivity contribution in [3.05, 3.63) is 134 Å². The van der Waals surface area contributed by atoms with Gasteiger partial charge in [-0.25, -0.2) is 0 Å². The predicted molar refractivity (Wildman–Crippen MR) is 325 cm³/mol. The summed E-state index contributed by atoms with van der Waals surface area (Å²) in [4.78, 5) is 38.2. The molecule has 0 N–H and O–H groups in total. The molecular formula is C69H112O6. The molecule has 0 heterocycles. The van der Waals surface area contributed by atoms with Gasteiger partial charge in [-0.05, 0) is 122 Å². The van der Waals surface area contributed by atoms with Crippen LogP contribution in [0.4, 0.5) is 0 Å². The Labute approximate surface area is 462 Å². The van der Waals surface area contributed by atoms with Crippen molar-refractivity contribution in [3.8, 4) is 0 Å². The lowest BCUT2D eigenvalue weighted by Gasteiger charge is -2.18. The van der Waals surface area contributed by atoms with Crippen LogP contribution in [0.1, 0.15) is 265 Å². The molecule has 1 unspecified atom stereocenters. The molecule has 0 aromatic carbocycles. The molecule has 0 rings (SSSR count). The number of unbranched alkanes of at least 4 members (excludes halogenated alkanes) is 21. The van der Waals surface area contributed by atoms with Crippen LogP contribution in [0.5, 0.6) is 0 Å². The van der Waals surface area contributed by atoms with Gasteiger partial charge in [0.25, 0.3) is 0 Å². The van der Waals surface area contributed by atoms with Gasteiger partial charge < -0.3 is 14.2 Å². The monoisotopic (exact) mass is 1040 g/mol. The lowest BCUT2D eigenvalue weighted by atomic mass is 10.1. The van der Waals surface area contributed by atoms with E-state index in [2.05, 4.69) is 142 Å². The average molecular weight is 1040 g/mol. The Morgan fingerprint density at radius 3 is 0.907 bits per heavy atom. The Bertz CT molecular complexity index is 1620.